The van der Waals surface area contributed by atoms with Gasteiger partial charge in [-0.2, -0.15) is 0 Å². The van der Waals surface area contributed by atoms with E-state index in [-0.39, 0.29) is 5.91 Å². The first-order chi connectivity index (χ1) is 9.56. The van der Waals surface area contributed by atoms with Crippen molar-refractivity contribution >= 4 is 5.91 Å². The SMILES string of the molecule is COCCN(CC(C)C)C(=O)Cc1ccc(OC)cc1. The van der Waals surface area contributed by atoms with Crippen LogP contribution in [0.1, 0.15) is 19.4 Å². The van der Waals surface area contributed by atoms with Crippen LogP contribution in [-0.2, 0) is 16.0 Å². The highest BCUT2D eigenvalue weighted by molar-refractivity contribution is 5.78. The molecule has 0 spiro atoms. The lowest BCUT2D eigenvalue weighted by molar-refractivity contribution is -0.131. The number of hydrogen-bond acceptors (Lipinski definition) is 3. The lowest BCUT2D eigenvalue weighted by Gasteiger charge is -2.24. The number of carbonyl (C=O) groups is 1. The summed E-state index contributed by atoms with van der Waals surface area (Å²) in [4.78, 5) is 14.2. The second-order valence-electron chi connectivity index (χ2n) is 5.25. The van der Waals surface area contributed by atoms with E-state index in [4.69, 9.17) is 9.47 Å². The third kappa shape index (κ3) is 5.61. The zero-order chi connectivity index (χ0) is 15.0. The van der Waals surface area contributed by atoms with Crippen molar-refractivity contribution in [2.45, 2.75) is 20.3 Å². The van der Waals surface area contributed by atoms with Crippen LogP contribution >= 0.6 is 0 Å². The van der Waals surface area contributed by atoms with Crippen LogP contribution < -0.4 is 4.74 Å². The molecule has 4 nitrogen and oxygen atoms in total. The summed E-state index contributed by atoms with van der Waals surface area (Å²) in [6, 6.07) is 7.62. The molecule has 0 saturated heterocycles. The summed E-state index contributed by atoms with van der Waals surface area (Å²) in [5, 5.41) is 0. The van der Waals surface area contributed by atoms with E-state index >= 15 is 0 Å². The van der Waals surface area contributed by atoms with Gasteiger partial charge in [-0.15, -0.1) is 0 Å². The molecule has 0 unspecified atom stereocenters. The number of ether oxygens (including phenoxy) is 2. The Morgan fingerprint density at radius 2 is 1.85 bits per heavy atom. The molecular weight excluding hydrogens is 254 g/mol. The van der Waals surface area contributed by atoms with Gasteiger partial charge in [-0.1, -0.05) is 26.0 Å². The summed E-state index contributed by atoms with van der Waals surface area (Å²) in [6.07, 6.45) is 0.417. The molecule has 0 heterocycles. The monoisotopic (exact) mass is 279 g/mol. The van der Waals surface area contributed by atoms with Crippen molar-refractivity contribution in [2.75, 3.05) is 33.9 Å². The average Bonchev–Trinajstić information content (AvgIpc) is 2.43. The summed E-state index contributed by atoms with van der Waals surface area (Å²) in [5.41, 5.74) is 1.00. The molecule has 0 aliphatic rings. The summed E-state index contributed by atoms with van der Waals surface area (Å²) >= 11 is 0. The number of benzene rings is 1. The van der Waals surface area contributed by atoms with Crippen LogP contribution in [0.15, 0.2) is 24.3 Å². The maximum atomic E-state index is 12.3. The van der Waals surface area contributed by atoms with Crippen LogP contribution in [0.3, 0.4) is 0 Å². The average molecular weight is 279 g/mol. The molecule has 1 aromatic carbocycles. The third-order valence-electron chi connectivity index (χ3n) is 3.02. The van der Waals surface area contributed by atoms with Gasteiger partial charge in [0.1, 0.15) is 5.75 Å². The predicted molar refractivity (Wildman–Crippen MR) is 80.0 cm³/mol. The van der Waals surface area contributed by atoms with Gasteiger partial charge in [-0.05, 0) is 23.6 Å². The van der Waals surface area contributed by atoms with E-state index in [1.807, 2.05) is 29.2 Å². The smallest absolute Gasteiger partial charge is 0.227 e. The molecule has 0 aromatic heterocycles. The Morgan fingerprint density at radius 3 is 2.35 bits per heavy atom. The Hall–Kier alpha value is -1.55. The Balaban J connectivity index is 2.63. The fraction of sp³-hybridized carbons (Fsp3) is 0.562. The minimum Gasteiger partial charge on any atom is -0.497 e. The van der Waals surface area contributed by atoms with Gasteiger partial charge >= 0.3 is 0 Å². The van der Waals surface area contributed by atoms with Crippen molar-refractivity contribution in [2.24, 2.45) is 5.92 Å². The van der Waals surface area contributed by atoms with Crippen LogP contribution in [-0.4, -0.2) is 44.7 Å². The molecule has 0 saturated carbocycles. The first-order valence-corrected chi connectivity index (χ1v) is 6.96. The van der Waals surface area contributed by atoms with E-state index < -0.39 is 0 Å². The molecule has 0 N–H and O–H groups in total. The van der Waals surface area contributed by atoms with E-state index in [1.165, 1.54) is 0 Å². The quantitative estimate of drug-likeness (QED) is 0.733. The molecule has 112 valence electrons. The number of nitrogens with zero attached hydrogens (tertiary/aromatic N) is 1. The van der Waals surface area contributed by atoms with Gasteiger partial charge in [0.15, 0.2) is 0 Å². The summed E-state index contributed by atoms with van der Waals surface area (Å²) in [6.45, 7) is 6.20. The van der Waals surface area contributed by atoms with Crippen molar-refractivity contribution in [3.05, 3.63) is 29.8 Å². The van der Waals surface area contributed by atoms with E-state index in [0.29, 0.717) is 25.5 Å². The first-order valence-electron chi connectivity index (χ1n) is 6.96. The topological polar surface area (TPSA) is 38.8 Å². The standard InChI is InChI=1S/C16H25NO3/c1-13(2)12-17(9-10-19-3)16(18)11-14-5-7-15(20-4)8-6-14/h5-8,13H,9-12H2,1-4H3. The van der Waals surface area contributed by atoms with Gasteiger partial charge in [0.05, 0.1) is 20.1 Å². The molecular formula is C16H25NO3. The minimum absolute atomic E-state index is 0.140. The van der Waals surface area contributed by atoms with Crippen molar-refractivity contribution in [1.29, 1.82) is 0 Å². The Kier molecular flexibility index (Phi) is 7.09. The normalized spacial score (nSPS) is 10.7. The predicted octanol–water partition coefficient (Wildman–Crippen LogP) is 2.37. The van der Waals surface area contributed by atoms with Crippen LogP contribution in [0.2, 0.25) is 0 Å². The van der Waals surface area contributed by atoms with Gasteiger partial charge in [0.25, 0.3) is 0 Å². The third-order valence-corrected chi connectivity index (χ3v) is 3.02. The van der Waals surface area contributed by atoms with Gasteiger partial charge in [0, 0.05) is 20.2 Å². The van der Waals surface area contributed by atoms with Crippen LogP contribution in [0, 0.1) is 5.92 Å². The number of methoxy groups -OCH3 is 2. The van der Waals surface area contributed by atoms with E-state index in [0.717, 1.165) is 17.9 Å². The Labute approximate surface area is 121 Å². The van der Waals surface area contributed by atoms with Crippen LogP contribution in [0.25, 0.3) is 0 Å². The number of hydrogen-bond donors (Lipinski definition) is 0. The van der Waals surface area contributed by atoms with E-state index in [1.54, 1.807) is 14.2 Å². The van der Waals surface area contributed by atoms with Gasteiger partial charge in [-0.3, -0.25) is 4.79 Å². The summed E-state index contributed by atoms with van der Waals surface area (Å²) < 4.78 is 10.2. The van der Waals surface area contributed by atoms with Gasteiger partial charge in [-0.25, -0.2) is 0 Å². The van der Waals surface area contributed by atoms with Crippen LogP contribution in [0.5, 0.6) is 5.75 Å². The van der Waals surface area contributed by atoms with E-state index in [9.17, 15) is 4.79 Å². The fourth-order valence-corrected chi connectivity index (χ4v) is 1.99. The lowest BCUT2D eigenvalue weighted by Crippen LogP contribution is -2.37. The lowest BCUT2D eigenvalue weighted by atomic mass is 10.1. The Morgan fingerprint density at radius 1 is 1.20 bits per heavy atom. The molecule has 4 heteroatoms. The van der Waals surface area contributed by atoms with Crippen LogP contribution in [0.4, 0.5) is 0 Å². The molecule has 1 rings (SSSR count). The highest BCUT2D eigenvalue weighted by Crippen LogP contribution is 2.13. The molecule has 1 aromatic rings. The fourth-order valence-electron chi connectivity index (χ4n) is 1.99. The highest BCUT2D eigenvalue weighted by Gasteiger charge is 2.15. The number of carbonyl (C=O) groups excluding carboxylic acids is 1. The minimum atomic E-state index is 0.140. The zero-order valence-corrected chi connectivity index (χ0v) is 12.9. The maximum absolute atomic E-state index is 12.3. The largest absolute Gasteiger partial charge is 0.497 e. The van der Waals surface area contributed by atoms with Crippen molar-refractivity contribution in [1.82, 2.24) is 4.90 Å². The second-order valence-corrected chi connectivity index (χ2v) is 5.25. The maximum Gasteiger partial charge on any atom is 0.227 e. The molecule has 20 heavy (non-hydrogen) atoms. The summed E-state index contributed by atoms with van der Waals surface area (Å²) in [7, 11) is 3.29. The van der Waals surface area contributed by atoms with Crippen molar-refractivity contribution in [3.8, 4) is 5.75 Å². The molecule has 1 amide bonds. The molecule has 0 aliphatic carbocycles. The molecule has 0 atom stereocenters. The van der Waals surface area contributed by atoms with Gasteiger partial charge < -0.3 is 14.4 Å². The number of rotatable bonds is 8. The van der Waals surface area contributed by atoms with E-state index in [2.05, 4.69) is 13.8 Å². The summed E-state index contributed by atoms with van der Waals surface area (Å²) in [5.74, 6) is 1.40. The molecule has 0 fully saturated rings. The molecule has 0 radical (unpaired) electrons. The Bertz CT molecular complexity index is 401. The highest BCUT2D eigenvalue weighted by atomic mass is 16.5. The van der Waals surface area contributed by atoms with Gasteiger partial charge in [0.2, 0.25) is 5.91 Å². The van der Waals surface area contributed by atoms with Crippen molar-refractivity contribution < 1.29 is 14.3 Å². The molecule has 0 aliphatic heterocycles. The first kappa shape index (κ1) is 16.5. The second kappa shape index (κ2) is 8.59. The van der Waals surface area contributed by atoms with Crippen molar-refractivity contribution in [3.63, 3.8) is 0 Å². The zero-order valence-electron chi connectivity index (χ0n) is 12.9. The number of amides is 1. The molecule has 0 bridgehead atoms.